The monoisotopic (exact) mass is 324 g/mol. The average molecular weight is 326 g/mol. The molecular weight excluding hydrogens is 312 g/mol. The number of hydrogen-bond acceptors (Lipinski definition) is 3. The van der Waals surface area contributed by atoms with Crippen molar-refractivity contribution in [3.8, 4) is 0 Å². The molecule has 3 nitrogen and oxygen atoms in total. The van der Waals surface area contributed by atoms with Crippen molar-refractivity contribution < 1.29 is 5.11 Å². The van der Waals surface area contributed by atoms with Crippen LogP contribution >= 0.6 is 34.0 Å². The van der Waals surface area contributed by atoms with Gasteiger partial charge in [0.2, 0.25) is 0 Å². The van der Waals surface area contributed by atoms with Gasteiger partial charge in [0.05, 0.1) is 0 Å². The van der Waals surface area contributed by atoms with Crippen LogP contribution in [-0.4, -0.2) is 18.2 Å². The van der Waals surface area contributed by atoms with Crippen molar-refractivity contribution in [2.75, 3.05) is 13.1 Å². The molecule has 2 aliphatic rings. The zero-order valence-corrected chi connectivity index (χ0v) is 11.0. The maximum Gasteiger partial charge on any atom is 0.188 e. The quantitative estimate of drug-likeness (QED) is 0.638. The molecule has 0 aromatic heterocycles. The van der Waals surface area contributed by atoms with E-state index in [1.54, 1.807) is 6.08 Å². The fourth-order valence-corrected chi connectivity index (χ4v) is 1.43. The zero-order chi connectivity index (χ0) is 8.39. The van der Waals surface area contributed by atoms with Gasteiger partial charge in [-0.25, -0.2) is 0 Å². The molecule has 0 amide bonds. The molecule has 5 heteroatoms. The maximum atomic E-state index is 9.18. The average Bonchev–Trinajstić information content (AvgIpc) is 2.28. The third-order valence-corrected chi connectivity index (χ3v) is 2.07. The van der Waals surface area contributed by atoms with Crippen LogP contribution in [0.4, 0.5) is 0 Å². The van der Waals surface area contributed by atoms with Crippen LogP contribution < -0.4 is 10.6 Å². The Bertz CT molecular complexity index is 285. The molecule has 0 saturated heterocycles. The number of rotatable bonds is 0. The fraction of sp³-hybridized carbons (Fsp3) is 0.333. The molecule has 0 saturated carbocycles. The van der Waals surface area contributed by atoms with E-state index in [0.717, 1.165) is 25.2 Å². The third-order valence-electron chi connectivity index (χ3n) is 2.07. The van der Waals surface area contributed by atoms with Gasteiger partial charge in [-0.2, -0.15) is 0 Å². The van der Waals surface area contributed by atoms with Crippen LogP contribution in [0.3, 0.4) is 0 Å². The van der Waals surface area contributed by atoms with E-state index in [4.69, 9.17) is 0 Å². The summed E-state index contributed by atoms with van der Waals surface area (Å²) >= 11 is 0. The van der Waals surface area contributed by atoms with Crippen molar-refractivity contribution in [1.29, 1.82) is 0 Å². The van der Waals surface area contributed by atoms with Crippen LogP contribution in [0.5, 0.6) is 0 Å². The lowest BCUT2D eigenvalue weighted by Gasteiger charge is -2.15. The number of hydrogen-bond donors (Lipinski definition) is 3. The molecule has 3 N–H and O–H groups in total. The van der Waals surface area contributed by atoms with E-state index in [2.05, 4.69) is 16.7 Å². The van der Waals surface area contributed by atoms with Crippen LogP contribution in [0, 0.1) is 0 Å². The number of nitrogens with one attached hydrogen (secondary N) is 2. The standard InChI is InChI=1S/C9H12N2O.2BrH/c12-9-2-1-7-3-5-10-6-4-8(7)11-9;;/h1-2,4,10-12H,3,5-6H2;2*1H. The molecule has 0 fully saturated rings. The summed E-state index contributed by atoms with van der Waals surface area (Å²) in [6.45, 7) is 1.87. The highest BCUT2D eigenvalue weighted by molar-refractivity contribution is 8.93. The Hall–Kier alpha value is -0.260. The van der Waals surface area contributed by atoms with Crippen molar-refractivity contribution >= 4 is 34.0 Å². The summed E-state index contributed by atoms with van der Waals surface area (Å²) in [6, 6.07) is 0. The topological polar surface area (TPSA) is 44.3 Å². The van der Waals surface area contributed by atoms with Crippen molar-refractivity contribution in [2.45, 2.75) is 6.42 Å². The van der Waals surface area contributed by atoms with Gasteiger partial charge >= 0.3 is 0 Å². The van der Waals surface area contributed by atoms with E-state index >= 15 is 0 Å². The van der Waals surface area contributed by atoms with Gasteiger partial charge in [-0.15, -0.1) is 34.0 Å². The van der Waals surface area contributed by atoms with Gasteiger partial charge in [0, 0.05) is 12.2 Å². The number of fused-ring (bicyclic) bond motifs is 1. The van der Waals surface area contributed by atoms with Crippen molar-refractivity contribution in [1.82, 2.24) is 10.6 Å². The minimum Gasteiger partial charge on any atom is -0.495 e. The van der Waals surface area contributed by atoms with Crippen LogP contribution in [-0.2, 0) is 0 Å². The molecule has 0 spiro atoms. The molecule has 80 valence electrons. The molecule has 0 aliphatic carbocycles. The first-order valence-corrected chi connectivity index (χ1v) is 4.14. The molecular formula is C9H14Br2N2O. The van der Waals surface area contributed by atoms with Gasteiger partial charge in [-0.1, -0.05) is 6.08 Å². The molecule has 2 heterocycles. The van der Waals surface area contributed by atoms with Crippen molar-refractivity contribution in [2.24, 2.45) is 0 Å². The van der Waals surface area contributed by atoms with Crippen LogP contribution in [0.15, 0.2) is 35.4 Å². The smallest absolute Gasteiger partial charge is 0.188 e. The summed E-state index contributed by atoms with van der Waals surface area (Å²) in [5.41, 5.74) is 2.30. The van der Waals surface area contributed by atoms with E-state index in [1.165, 1.54) is 5.57 Å². The van der Waals surface area contributed by atoms with Gasteiger partial charge in [0.1, 0.15) is 0 Å². The first-order valence-electron chi connectivity index (χ1n) is 4.14. The van der Waals surface area contributed by atoms with E-state index < -0.39 is 0 Å². The summed E-state index contributed by atoms with van der Waals surface area (Å²) in [4.78, 5) is 0. The minimum absolute atomic E-state index is 0. The number of aliphatic hydroxyl groups excluding tert-OH is 1. The zero-order valence-electron chi connectivity index (χ0n) is 7.62. The van der Waals surface area contributed by atoms with Crippen LogP contribution in [0.2, 0.25) is 0 Å². The number of halogens is 2. The maximum absolute atomic E-state index is 9.18. The van der Waals surface area contributed by atoms with Crippen molar-refractivity contribution in [3.63, 3.8) is 0 Å². The molecule has 2 aliphatic heterocycles. The van der Waals surface area contributed by atoms with Gasteiger partial charge in [-0.3, -0.25) is 0 Å². The normalized spacial score (nSPS) is 19.3. The minimum atomic E-state index is 0. The van der Waals surface area contributed by atoms with E-state index in [1.807, 2.05) is 6.08 Å². The lowest BCUT2D eigenvalue weighted by Crippen LogP contribution is -2.17. The molecule has 0 radical (unpaired) electrons. The Morgan fingerprint density at radius 1 is 1.21 bits per heavy atom. The third kappa shape index (κ3) is 3.15. The predicted molar refractivity (Wildman–Crippen MR) is 68.1 cm³/mol. The molecule has 0 bridgehead atoms. The van der Waals surface area contributed by atoms with Gasteiger partial charge in [-0.05, 0) is 30.7 Å². The second-order valence-corrected chi connectivity index (χ2v) is 2.94. The lowest BCUT2D eigenvalue weighted by molar-refractivity contribution is 0.376. The Morgan fingerprint density at radius 3 is 2.79 bits per heavy atom. The van der Waals surface area contributed by atoms with Crippen LogP contribution in [0.25, 0.3) is 0 Å². The molecule has 14 heavy (non-hydrogen) atoms. The van der Waals surface area contributed by atoms with E-state index in [-0.39, 0.29) is 39.8 Å². The Balaban J connectivity index is 0.000000845. The molecule has 0 unspecified atom stereocenters. The second-order valence-electron chi connectivity index (χ2n) is 2.94. The van der Waals surface area contributed by atoms with Gasteiger partial charge in [0.25, 0.3) is 0 Å². The largest absolute Gasteiger partial charge is 0.495 e. The summed E-state index contributed by atoms with van der Waals surface area (Å²) in [5, 5.41) is 15.4. The Labute approximate surface area is 104 Å². The Kier molecular flexibility index (Phi) is 6.15. The first kappa shape index (κ1) is 13.7. The second kappa shape index (κ2) is 6.27. The van der Waals surface area contributed by atoms with Crippen LogP contribution in [0.1, 0.15) is 6.42 Å². The number of allylic oxidation sites excluding steroid dienone is 3. The highest BCUT2D eigenvalue weighted by atomic mass is 79.9. The summed E-state index contributed by atoms with van der Waals surface area (Å²) in [6.07, 6.45) is 6.73. The number of dihydropyridines is 1. The Morgan fingerprint density at radius 2 is 2.00 bits per heavy atom. The van der Waals surface area contributed by atoms with E-state index in [9.17, 15) is 5.11 Å². The predicted octanol–water partition coefficient (Wildman–Crippen LogP) is 1.95. The summed E-state index contributed by atoms with van der Waals surface area (Å²) in [7, 11) is 0. The molecule has 2 rings (SSSR count). The van der Waals surface area contributed by atoms with Crippen molar-refractivity contribution in [3.05, 3.63) is 35.4 Å². The SMILES string of the molecule is Br.Br.OC1=CC=C2CCNCC=C2N1. The highest BCUT2D eigenvalue weighted by Gasteiger charge is 2.11. The molecule has 0 aromatic rings. The molecule has 0 aromatic carbocycles. The van der Waals surface area contributed by atoms with E-state index in [0.29, 0.717) is 0 Å². The summed E-state index contributed by atoms with van der Waals surface area (Å²) < 4.78 is 0. The first-order chi connectivity index (χ1) is 5.86. The number of aliphatic hydroxyl groups is 1. The highest BCUT2D eigenvalue weighted by Crippen LogP contribution is 2.17. The molecule has 0 atom stereocenters. The summed E-state index contributed by atoms with van der Waals surface area (Å²) in [5.74, 6) is 0.229. The fourth-order valence-electron chi connectivity index (χ4n) is 1.43. The lowest BCUT2D eigenvalue weighted by atomic mass is 10.1. The van der Waals surface area contributed by atoms with Gasteiger partial charge < -0.3 is 15.7 Å². The van der Waals surface area contributed by atoms with Gasteiger partial charge in [0.15, 0.2) is 5.88 Å².